The van der Waals surface area contributed by atoms with Crippen LogP contribution in [0.15, 0.2) is 73.3 Å². The Labute approximate surface area is 232 Å². The summed E-state index contributed by atoms with van der Waals surface area (Å²) < 4.78 is 46.4. The van der Waals surface area contributed by atoms with Crippen LogP contribution in [0.5, 0.6) is 5.88 Å². The summed E-state index contributed by atoms with van der Waals surface area (Å²) in [5.74, 6) is 0.0418. The molecule has 0 saturated carbocycles. The SMILES string of the molecule is C[C@@H](Oc1ccc(C(F)(F)F)cn1)[C@@H]1CN(C(=O)c2ccc(-n3cccn3)nc2)C[C@@H]1c1ccc(Cl)c(Cl)c1. The summed E-state index contributed by atoms with van der Waals surface area (Å²) in [5.41, 5.74) is 0.422. The van der Waals surface area contributed by atoms with Gasteiger partial charge in [0.1, 0.15) is 6.10 Å². The molecule has 202 valence electrons. The lowest BCUT2D eigenvalue weighted by Crippen LogP contribution is -2.32. The van der Waals surface area contributed by atoms with E-state index in [1.807, 2.05) is 13.0 Å². The molecule has 0 bridgehead atoms. The van der Waals surface area contributed by atoms with Gasteiger partial charge in [0.25, 0.3) is 5.91 Å². The van der Waals surface area contributed by atoms with E-state index in [1.54, 1.807) is 52.3 Å². The van der Waals surface area contributed by atoms with Gasteiger partial charge in [-0.25, -0.2) is 14.6 Å². The predicted molar refractivity (Wildman–Crippen MR) is 139 cm³/mol. The minimum Gasteiger partial charge on any atom is -0.474 e. The highest BCUT2D eigenvalue weighted by molar-refractivity contribution is 6.42. The number of carbonyl (C=O) groups excluding carboxylic acids is 1. The third kappa shape index (κ3) is 5.86. The monoisotopic (exact) mass is 575 g/mol. The van der Waals surface area contributed by atoms with Crippen LogP contribution in [0.1, 0.15) is 34.3 Å². The molecule has 0 unspecified atom stereocenters. The number of hydrogen-bond acceptors (Lipinski definition) is 5. The average molecular weight is 576 g/mol. The highest BCUT2D eigenvalue weighted by Crippen LogP contribution is 2.39. The molecule has 0 spiro atoms. The van der Waals surface area contributed by atoms with Crippen molar-refractivity contribution in [1.82, 2.24) is 24.6 Å². The van der Waals surface area contributed by atoms with E-state index in [0.717, 1.165) is 17.8 Å². The number of likely N-dealkylation sites (tertiary alicyclic amines) is 1. The van der Waals surface area contributed by atoms with Crippen LogP contribution in [0.25, 0.3) is 5.82 Å². The van der Waals surface area contributed by atoms with Crippen molar-refractivity contribution in [2.24, 2.45) is 5.92 Å². The first-order valence-corrected chi connectivity index (χ1v) is 12.8. The molecule has 4 heterocycles. The van der Waals surface area contributed by atoms with Crippen LogP contribution in [0.2, 0.25) is 10.0 Å². The van der Waals surface area contributed by atoms with Crippen molar-refractivity contribution in [1.29, 1.82) is 0 Å². The first kappa shape index (κ1) is 27.0. The van der Waals surface area contributed by atoms with Gasteiger partial charge >= 0.3 is 6.18 Å². The maximum atomic E-state index is 13.5. The van der Waals surface area contributed by atoms with Crippen LogP contribution in [0.3, 0.4) is 0 Å². The molecular formula is C27H22Cl2F3N5O2. The third-order valence-electron chi connectivity index (χ3n) is 6.73. The van der Waals surface area contributed by atoms with E-state index in [-0.39, 0.29) is 23.6 Å². The quantitative estimate of drug-likeness (QED) is 0.269. The Kier molecular flexibility index (Phi) is 7.51. The van der Waals surface area contributed by atoms with Gasteiger partial charge in [-0.3, -0.25) is 4.79 Å². The number of alkyl halides is 3. The second-order valence-corrected chi connectivity index (χ2v) is 10.0. The standard InChI is InChI=1S/C27H22Cl2F3N5O2/c1-16(39-25-8-5-19(13-34-25)27(30,31)32)20-14-36(15-21(20)17-3-6-22(28)23(29)11-17)26(38)18-4-7-24(33-12-18)37-10-2-9-35-37/h2-13,16,20-21H,14-15H2,1H3/t16-,20+,21-/m1/s1. The molecule has 0 radical (unpaired) electrons. The Hall–Kier alpha value is -3.63. The van der Waals surface area contributed by atoms with Crippen LogP contribution in [-0.4, -0.2) is 49.7 Å². The topological polar surface area (TPSA) is 73.1 Å². The molecule has 3 atom stereocenters. The molecule has 1 aliphatic heterocycles. The molecule has 0 N–H and O–H groups in total. The fourth-order valence-corrected chi connectivity index (χ4v) is 5.00. The minimum absolute atomic E-state index is 0.0616. The lowest BCUT2D eigenvalue weighted by Gasteiger charge is -2.25. The molecule has 4 aromatic rings. The summed E-state index contributed by atoms with van der Waals surface area (Å²) in [4.78, 5) is 23.4. The van der Waals surface area contributed by atoms with Gasteiger partial charge in [0.15, 0.2) is 5.82 Å². The van der Waals surface area contributed by atoms with E-state index >= 15 is 0 Å². The Morgan fingerprint density at radius 2 is 1.87 bits per heavy atom. The number of benzene rings is 1. The van der Waals surface area contributed by atoms with Gasteiger partial charge in [0.2, 0.25) is 5.88 Å². The van der Waals surface area contributed by atoms with E-state index in [1.165, 1.54) is 12.3 Å². The van der Waals surface area contributed by atoms with E-state index in [9.17, 15) is 18.0 Å². The molecule has 1 aliphatic rings. The van der Waals surface area contributed by atoms with E-state index in [0.29, 0.717) is 34.5 Å². The maximum absolute atomic E-state index is 13.5. The normalized spacial score (nSPS) is 18.3. The third-order valence-corrected chi connectivity index (χ3v) is 7.47. The first-order valence-electron chi connectivity index (χ1n) is 12.0. The van der Waals surface area contributed by atoms with Gasteiger partial charge < -0.3 is 9.64 Å². The van der Waals surface area contributed by atoms with Crippen molar-refractivity contribution in [3.8, 4) is 11.7 Å². The molecule has 7 nitrogen and oxygen atoms in total. The van der Waals surface area contributed by atoms with Crippen molar-refractivity contribution >= 4 is 29.1 Å². The van der Waals surface area contributed by atoms with E-state index < -0.39 is 17.8 Å². The molecule has 3 aromatic heterocycles. The molecule has 0 aliphatic carbocycles. The van der Waals surface area contributed by atoms with Gasteiger partial charge in [-0.05, 0) is 48.9 Å². The Morgan fingerprint density at radius 1 is 1.05 bits per heavy atom. The average Bonchev–Trinajstić information content (AvgIpc) is 3.61. The molecule has 1 amide bonds. The Morgan fingerprint density at radius 3 is 2.49 bits per heavy atom. The molecule has 12 heteroatoms. The summed E-state index contributed by atoms with van der Waals surface area (Å²) in [6.45, 7) is 2.52. The van der Waals surface area contributed by atoms with Crippen molar-refractivity contribution < 1.29 is 22.7 Å². The van der Waals surface area contributed by atoms with Gasteiger partial charge in [-0.1, -0.05) is 29.3 Å². The molecule has 1 aromatic carbocycles. The second-order valence-electron chi connectivity index (χ2n) is 9.22. The lowest BCUT2D eigenvalue weighted by atomic mass is 9.86. The molecule has 1 saturated heterocycles. The van der Waals surface area contributed by atoms with Gasteiger partial charge in [0.05, 0.1) is 21.2 Å². The van der Waals surface area contributed by atoms with Crippen LogP contribution in [0.4, 0.5) is 13.2 Å². The summed E-state index contributed by atoms with van der Waals surface area (Å²) in [6, 6.07) is 12.6. The van der Waals surface area contributed by atoms with Gasteiger partial charge in [-0.15, -0.1) is 0 Å². The number of aromatic nitrogens is 4. The maximum Gasteiger partial charge on any atom is 0.417 e. The van der Waals surface area contributed by atoms with Crippen molar-refractivity contribution in [3.05, 3.63) is 100 Å². The van der Waals surface area contributed by atoms with Crippen LogP contribution < -0.4 is 4.74 Å². The first-order chi connectivity index (χ1) is 18.6. The van der Waals surface area contributed by atoms with Crippen LogP contribution in [0, 0.1) is 5.92 Å². The highest BCUT2D eigenvalue weighted by Gasteiger charge is 2.41. The smallest absolute Gasteiger partial charge is 0.417 e. The number of rotatable bonds is 6. The van der Waals surface area contributed by atoms with Gasteiger partial charge in [-0.2, -0.15) is 18.3 Å². The van der Waals surface area contributed by atoms with E-state index in [2.05, 4.69) is 15.1 Å². The van der Waals surface area contributed by atoms with Gasteiger partial charge in [0, 0.05) is 55.8 Å². The largest absolute Gasteiger partial charge is 0.474 e. The van der Waals surface area contributed by atoms with Crippen molar-refractivity contribution in [2.45, 2.75) is 25.1 Å². The number of amides is 1. The molecule has 1 fully saturated rings. The second kappa shape index (κ2) is 10.9. The van der Waals surface area contributed by atoms with Crippen LogP contribution >= 0.6 is 23.2 Å². The number of hydrogen-bond donors (Lipinski definition) is 0. The number of carbonyl (C=O) groups is 1. The molecular weight excluding hydrogens is 554 g/mol. The summed E-state index contributed by atoms with van der Waals surface area (Å²) in [6.07, 6.45) is 0.650. The highest BCUT2D eigenvalue weighted by atomic mass is 35.5. The van der Waals surface area contributed by atoms with Crippen molar-refractivity contribution in [2.75, 3.05) is 13.1 Å². The molecule has 5 rings (SSSR count). The number of ether oxygens (including phenoxy) is 1. The zero-order valence-electron chi connectivity index (χ0n) is 20.5. The lowest BCUT2D eigenvalue weighted by molar-refractivity contribution is -0.137. The summed E-state index contributed by atoms with van der Waals surface area (Å²) in [7, 11) is 0. The summed E-state index contributed by atoms with van der Waals surface area (Å²) in [5, 5.41) is 4.93. The Balaban J connectivity index is 1.38. The zero-order valence-corrected chi connectivity index (χ0v) is 22.0. The number of nitrogens with zero attached hydrogens (tertiary/aromatic N) is 5. The van der Waals surface area contributed by atoms with Crippen molar-refractivity contribution in [3.63, 3.8) is 0 Å². The molecule has 39 heavy (non-hydrogen) atoms. The number of halogens is 5. The zero-order chi connectivity index (χ0) is 27.7. The van der Waals surface area contributed by atoms with Crippen LogP contribution in [-0.2, 0) is 6.18 Å². The number of pyridine rings is 2. The predicted octanol–water partition coefficient (Wildman–Crippen LogP) is 6.31. The minimum atomic E-state index is -4.49. The summed E-state index contributed by atoms with van der Waals surface area (Å²) >= 11 is 12.4. The fraction of sp³-hybridized carbons (Fsp3) is 0.259. The Bertz CT molecular complexity index is 1450. The van der Waals surface area contributed by atoms with E-state index in [4.69, 9.17) is 27.9 Å². The fourth-order valence-electron chi connectivity index (χ4n) is 4.70.